The summed E-state index contributed by atoms with van der Waals surface area (Å²) in [5.74, 6) is 0.500. The molecule has 2 amide bonds. The zero-order valence-electron chi connectivity index (χ0n) is 21.7. The molecule has 0 unspecified atom stereocenters. The quantitative estimate of drug-likeness (QED) is 0.217. The van der Waals surface area contributed by atoms with E-state index in [4.69, 9.17) is 9.16 Å². The number of nitrogens with zero attached hydrogens (tertiary/aromatic N) is 2. The first-order valence-corrected chi connectivity index (χ1v) is 14.8. The molecular weight excluding hydrogens is 450 g/mol. The van der Waals surface area contributed by atoms with Crippen molar-refractivity contribution in [3.05, 3.63) is 24.3 Å². The third kappa shape index (κ3) is 7.37. The highest BCUT2D eigenvalue weighted by Crippen LogP contribution is 2.39. The van der Waals surface area contributed by atoms with E-state index in [0.29, 0.717) is 24.4 Å². The minimum absolute atomic E-state index is 0.00750. The predicted molar refractivity (Wildman–Crippen MR) is 136 cm³/mol. The van der Waals surface area contributed by atoms with Crippen LogP contribution in [0.4, 0.5) is 4.79 Å². The summed E-state index contributed by atoms with van der Waals surface area (Å²) in [6, 6.07) is -0.198. The molecule has 2 aliphatic heterocycles. The Morgan fingerprint density at radius 1 is 1.35 bits per heavy atom. The number of amides is 2. The Labute approximate surface area is 205 Å². The number of ether oxygens (including phenoxy) is 1. The van der Waals surface area contributed by atoms with Gasteiger partial charge in [0, 0.05) is 38.6 Å². The first kappa shape index (κ1) is 28.0. The van der Waals surface area contributed by atoms with E-state index in [1.807, 2.05) is 24.9 Å². The number of nitrogens with one attached hydrogen (secondary N) is 1. The van der Waals surface area contributed by atoms with Crippen LogP contribution in [0.25, 0.3) is 0 Å². The maximum Gasteiger partial charge on any atom is 0.435 e. The van der Waals surface area contributed by atoms with Gasteiger partial charge in [-0.05, 0) is 43.3 Å². The summed E-state index contributed by atoms with van der Waals surface area (Å²) in [4.78, 5) is 43.2. The Morgan fingerprint density at radius 3 is 2.59 bits per heavy atom. The fourth-order valence-corrected chi connectivity index (χ4v) is 5.06. The van der Waals surface area contributed by atoms with Gasteiger partial charge in [-0.1, -0.05) is 39.5 Å². The number of carbonyl (C=O) groups is 3. The lowest BCUT2D eigenvalue weighted by Gasteiger charge is -2.46. The zero-order chi connectivity index (χ0) is 25.6. The zero-order valence-corrected chi connectivity index (χ0v) is 22.9. The number of allylic oxidation sites excluding steroid dienone is 1. The van der Waals surface area contributed by atoms with E-state index in [0.717, 1.165) is 6.42 Å². The molecule has 0 saturated carbocycles. The number of rotatable bonds is 10. The highest BCUT2D eigenvalue weighted by molar-refractivity contribution is 6.48. The number of likely N-dealkylation sites (tertiary alicyclic amines) is 1. The van der Waals surface area contributed by atoms with Crippen LogP contribution in [0.2, 0.25) is 13.1 Å². The number of Topliss-reactive ketones (excluding diaryl/α,β-unsaturated/α-hetero) is 1. The normalized spacial score (nSPS) is 25.2. The van der Waals surface area contributed by atoms with Crippen LogP contribution in [0.15, 0.2) is 29.3 Å². The van der Waals surface area contributed by atoms with Gasteiger partial charge < -0.3 is 19.4 Å². The molecule has 2 heterocycles. The van der Waals surface area contributed by atoms with Gasteiger partial charge in [-0.15, -0.1) is 0 Å². The van der Waals surface area contributed by atoms with Crippen molar-refractivity contribution in [2.24, 2.45) is 22.2 Å². The summed E-state index contributed by atoms with van der Waals surface area (Å²) in [6.45, 7) is 16.6. The van der Waals surface area contributed by atoms with Crippen LogP contribution in [-0.2, 0) is 18.8 Å². The van der Waals surface area contributed by atoms with Gasteiger partial charge in [-0.2, -0.15) is 4.99 Å². The van der Waals surface area contributed by atoms with E-state index in [2.05, 4.69) is 50.8 Å². The molecule has 0 aliphatic carbocycles. The van der Waals surface area contributed by atoms with Crippen LogP contribution in [0.5, 0.6) is 0 Å². The molecule has 1 N–H and O–H groups in total. The first-order chi connectivity index (χ1) is 15.8. The maximum atomic E-state index is 13.0. The molecule has 4 atom stereocenters. The van der Waals surface area contributed by atoms with Crippen molar-refractivity contribution >= 4 is 32.7 Å². The van der Waals surface area contributed by atoms with E-state index >= 15 is 0 Å². The van der Waals surface area contributed by atoms with Crippen LogP contribution < -0.4 is 5.32 Å². The number of ketones is 1. The molecule has 2 rings (SSSR count). The lowest BCUT2D eigenvalue weighted by molar-refractivity contribution is -0.143. The van der Waals surface area contributed by atoms with Crippen LogP contribution in [0.3, 0.4) is 0 Å². The number of hydrogen-bond donors (Lipinski definition) is 1. The average Bonchev–Trinajstić information content (AvgIpc) is 3.06. The van der Waals surface area contributed by atoms with Crippen LogP contribution >= 0.6 is 0 Å². The minimum Gasteiger partial charge on any atom is -0.444 e. The van der Waals surface area contributed by atoms with E-state index in [1.54, 1.807) is 0 Å². The van der Waals surface area contributed by atoms with Crippen molar-refractivity contribution in [2.45, 2.75) is 72.1 Å². The summed E-state index contributed by atoms with van der Waals surface area (Å²) in [5.41, 5.74) is 0.554. The van der Waals surface area contributed by atoms with Gasteiger partial charge >= 0.3 is 6.09 Å². The number of amidine groups is 1. The Balaban J connectivity index is 2.03. The smallest absolute Gasteiger partial charge is 0.435 e. The van der Waals surface area contributed by atoms with Crippen molar-refractivity contribution in [1.82, 2.24) is 10.2 Å². The summed E-state index contributed by atoms with van der Waals surface area (Å²) >= 11 is 0. The van der Waals surface area contributed by atoms with Crippen molar-refractivity contribution in [3.8, 4) is 0 Å². The molecule has 2 aliphatic rings. The molecule has 0 radical (unpaired) electrons. The van der Waals surface area contributed by atoms with E-state index < -0.39 is 15.1 Å². The first-order valence-electron chi connectivity index (χ1n) is 12.1. The maximum absolute atomic E-state index is 13.0. The molecule has 190 valence electrons. The summed E-state index contributed by atoms with van der Waals surface area (Å²) in [7, 11) is 0.648. The lowest BCUT2D eigenvalue weighted by atomic mass is 9.66. The Kier molecular flexibility index (Phi) is 9.81. The average molecular weight is 492 g/mol. The van der Waals surface area contributed by atoms with E-state index in [-0.39, 0.29) is 54.1 Å². The fraction of sp³-hybridized carbons (Fsp3) is 0.680. The molecule has 2 saturated heterocycles. The van der Waals surface area contributed by atoms with Crippen molar-refractivity contribution in [2.75, 3.05) is 20.3 Å². The molecule has 34 heavy (non-hydrogen) atoms. The summed E-state index contributed by atoms with van der Waals surface area (Å²) < 4.78 is 10.9. The van der Waals surface area contributed by atoms with Gasteiger partial charge in [-0.3, -0.25) is 9.59 Å². The third-order valence-electron chi connectivity index (χ3n) is 6.62. The van der Waals surface area contributed by atoms with Gasteiger partial charge in [0.2, 0.25) is 5.91 Å². The Hall–Kier alpha value is -2.26. The van der Waals surface area contributed by atoms with Crippen LogP contribution in [0.1, 0.15) is 47.0 Å². The van der Waals surface area contributed by atoms with Gasteiger partial charge in [0.05, 0.1) is 5.92 Å². The van der Waals surface area contributed by atoms with Gasteiger partial charge in [0.15, 0.2) is 14.8 Å². The second kappa shape index (κ2) is 11.9. The lowest BCUT2D eigenvalue weighted by Crippen LogP contribution is -2.63. The molecule has 0 spiro atoms. The van der Waals surface area contributed by atoms with Crippen molar-refractivity contribution in [3.63, 3.8) is 0 Å². The number of likely N-dealkylation sites (N-methyl/N-ethyl adjacent to an activating group) is 1. The monoisotopic (exact) mass is 491 g/mol. The molecule has 0 aromatic carbocycles. The number of β-lactam (4-membered cyclic amide) rings is 1. The Morgan fingerprint density at radius 2 is 2.03 bits per heavy atom. The largest absolute Gasteiger partial charge is 0.444 e. The molecule has 9 heteroatoms. The second-order valence-corrected chi connectivity index (χ2v) is 13.0. The molecule has 2 fully saturated rings. The van der Waals surface area contributed by atoms with Crippen LogP contribution in [0, 0.1) is 17.3 Å². The number of carbonyl (C=O) groups excluding carboxylic acids is 3. The number of aliphatic imine (C=N–C) groups is 1. The topological polar surface area (TPSA) is 97.3 Å². The molecule has 0 aromatic heterocycles. The van der Waals surface area contributed by atoms with Gasteiger partial charge in [0.1, 0.15) is 12.4 Å². The van der Waals surface area contributed by atoms with Crippen molar-refractivity contribution < 1.29 is 23.5 Å². The SMILES string of the molecule is C=CCOC(=O)N=C1CC[C@@H](C=C(C)C(=O)C[C@H]2NC(=O)[C@H]2[C@@H](CO[SiH](C)C)C(C)(C)C)N1C. The molecule has 0 bridgehead atoms. The Bertz CT molecular complexity index is 846. The van der Waals surface area contributed by atoms with Gasteiger partial charge in [-0.25, -0.2) is 4.79 Å². The van der Waals surface area contributed by atoms with E-state index in [1.165, 1.54) is 6.08 Å². The fourth-order valence-electron chi connectivity index (χ4n) is 4.46. The highest BCUT2D eigenvalue weighted by Gasteiger charge is 2.49. The summed E-state index contributed by atoms with van der Waals surface area (Å²) in [5, 5.41) is 2.95. The minimum atomic E-state index is -1.21. The highest BCUT2D eigenvalue weighted by atomic mass is 28.3. The third-order valence-corrected chi connectivity index (χ3v) is 7.48. The molecule has 0 aromatic rings. The second-order valence-electron chi connectivity index (χ2n) is 10.6. The van der Waals surface area contributed by atoms with E-state index in [9.17, 15) is 14.4 Å². The van der Waals surface area contributed by atoms with Crippen LogP contribution in [-0.4, -0.2) is 69.9 Å². The van der Waals surface area contributed by atoms with Gasteiger partial charge in [0.25, 0.3) is 0 Å². The standard InChI is InChI=1S/C25H41N3O5Si/c1-9-12-32-24(31)27-21-11-10-17(28(21)6)13-16(2)20(29)14-19-22(23(30)26-19)18(25(3,4)5)15-33-34(7)8/h9,13,17-19,22,34H,1,10-12,14-15H2,2-8H3,(H,26,30)/t17-,18+,19+,22-/m0/s1. The predicted octanol–water partition coefficient (Wildman–Crippen LogP) is 3.48. The summed E-state index contributed by atoms with van der Waals surface area (Å²) in [6.07, 6.45) is 4.47. The molecular formula is C25H41N3O5Si. The number of hydrogen-bond acceptors (Lipinski definition) is 5. The molecule has 8 nitrogen and oxygen atoms in total. The van der Waals surface area contributed by atoms with Crippen molar-refractivity contribution in [1.29, 1.82) is 0 Å².